The first kappa shape index (κ1) is 19.6. The summed E-state index contributed by atoms with van der Waals surface area (Å²) < 4.78 is 1.14. The van der Waals surface area contributed by atoms with Gasteiger partial charge in [0.1, 0.15) is 0 Å². The minimum Gasteiger partial charge on any atom is -0.308 e. The van der Waals surface area contributed by atoms with Crippen molar-refractivity contribution in [1.82, 2.24) is 9.88 Å². The predicted molar refractivity (Wildman–Crippen MR) is 123 cm³/mol. The molecule has 0 unspecified atom stereocenters. The fourth-order valence-electron chi connectivity index (χ4n) is 3.62. The summed E-state index contributed by atoms with van der Waals surface area (Å²) >= 11 is 1.60. The van der Waals surface area contributed by atoms with E-state index in [0.29, 0.717) is 12.1 Å². The van der Waals surface area contributed by atoms with Crippen LogP contribution < -0.4 is 4.90 Å². The summed E-state index contributed by atoms with van der Waals surface area (Å²) in [5.41, 5.74) is 4.07. The zero-order chi connectivity index (χ0) is 20.5. The summed E-state index contributed by atoms with van der Waals surface area (Å²) in [6.07, 6.45) is 0. The second-order valence-electron chi connectivity index (χ2n) is 7.71. The number of hydrogen-bond acceptors (Lipinski definition) is 4. The molecule has 4 aromatic rings. The molecule has 1 heterocycles. The Morgan fingerprint density at radius 2 is 1.76 bits per heavy atom. The molecule has 4 rings (SSSR count). The first-order valence-electron chi connectivity index (χ1n) is 9.76. The number of anilines is 1. The Hall–Kier alpha value is -2.76. The Kier molecular flexibility index (Phi) is 5.35. The third-order valence-corrected chi connectivity index (χ3v) is 6.31. The van der Waals surface area contributed by atoms with Crippen molar-refractivity contribution >= 4 is 43.4 Å². The highest BCUT2D eigenvalue weighted by molar-refractivity contribution is 7.22. The van der Waals surface area contributed by atoms with Gasteiger partial charge in [0.05, 0.1) is 10.2 Å². The average molecular weight is 404 g/mol. The molecular weight excluding hydrogens is 378 g/mol. The highest BCUT2D eigenvalue weighted by Gasteiger charge is 2.23. The minimum atomic E-state index is -0.00270. The lowest BCUT2D eigenvalue weighted by Gasteiger charge is -2.22. The van der Waals surface area contributed by atoms with E-state index in [9.17, 15) is 4.79 Å². The third kappa shape index (κ3) is 3.88. The van der Waals surface area contributed by atoms with Crippen molar-refractivity contribution < 1.29 is 4.79 Å². The zero-order valence-corrected chi connectivity index (χ0v) is 18.1. The van der Waals surface area contributed by atoms with Gasteiger partial charge in [-0.15, -0.1) is 0 Å². The summed E-state index contributed by atoms with van der Waals surface area (Å²) in [5, 5.41) is 2.80. The lowest BCUT2D eigenvalue weighted by atomic mass is 10.0. The number of aromatic nitrogens is 1. The van der Waals surface area contributed by atoms with Gasteiger partial charge in [-0.05, 0) is 62.0 Å². The molecule has 0 aliphatic heterocycles. The summed E-state index contributed by atoms with van der Waals surface area (Å²) in [6.45, 7) is 5.54. The van der Waals surface area contributed by atoms with Gasteiger partial charge in [-0.3, -0.25) is 9.69 Å². The highest BCUT2D eigenvalue weighted by atomic mass is 32.1. The highest BCUT2D eigenvalue weighted by Crippen LogP contribution is 2.33. The Morgan fingerprint density at radius 1 is 1.00 bits per heavy atom. The second-order valence-corrected chi connectivity index (χ2v) is 8.69. The summed E-state index contributed by atoms with van der Waals surface area (Å²) in [7, 11) is 4.04. The lowest BCUT2D eigenvalue weighted by molar-refractivity contribution is 0.0987. The van der Waals surface area contributed by atoms with Crippen LogP contribution in [0.2, 0.25) is 0 Å². The molecule has 0 aliphatic rings. The molecule has 0 atom stereocenters. The summed E-state index contributed by atoms with van der Waals surface area (Å²) in [5.74, 6) is -0.00270. The van der Waals surface area contributed by atoms with Crippen LogP contribution in [0.25, 0.3) is 21.0 Å². The lowest BCUT2D eigenvalue weighted by Crippen LogP contribution is -2.36. The van der Waals surface area contributed by atoms with Crippen LogP contribution in [0.1, 0.15) is 21.5 Å². The second kappa shape index (κ2) is 7.93. The molecule has 0 saturated carbocycles. The molecule has 0 radical (unpaired) electrons. The van der Waals surface area contributed by atoms with E-state index in [1.54, 1.807) is 11.3 Å². The summed E-state index contributed by atoms with van der Waals surface area (Å²) in [4.78, 5) is 22.4. The van der Waals surface area contributed by atoms with Crippen molar-refractivity contribution in [2.75, 3.05) is 32.1 Å². The maximum absolute atomic E-state index is 13.7. The fourth-order valence-corrected chi connectivity index (χ4v) is 4.66. The maximum Gasteiger partial charge on any atom is 0.260 e. The van der Waals surface area contributed by atoms with Gasteiger partial charge in [0.2, 0.25) is 0 Å². The van der Waals surface area contributed by atoms with Crippen LogP contribution in [0.3, 0.4) is 0 Å². The van der Waals surface area contributed by atoms with Crippen molar-refractivity contribution in [1.29, 1.82) is 0 Å². The Bertz CT molecular complexity index is 1190. The van der Waals surface area contributed by atoms with Crippen molar-refractivity contribution in [3.8, 4) is 0 Å². The molecule has 1 amide bonds. The standard InChI is InChI=1S/C24H25N3OS/c1-16-14-17(2)22-21(15-16)25-24(29-22)27(13-12-26(3)4)23(28)20-11-7-9-18-8-5-6-10-19(18)20/h5-11,14-15H,12-13H2,1-4H3. The molecule has 4 nitrogen and oxygen atoms in total. The number of amides is 1. The zero-order valence-electron chi connectivity index (χ0n) is 17.3. The van der Waals surface area contributed by atoms with Crippen molar-refractivity contribution in [3.63, 3.8) is 0 Å². The van der Waals surface area contributed by atoms with E-state index >= 15 is 0 Å². The normalized spacial score (nSPS) is 11.5. The van der Waals surface area contributed by atoms with E-state index in [2.05, 4.69) is 30.9 Å². The van der Waals surface area contributed by atoms with Crippen molar-refractivity contribution in [3.05, 3.63) is 71.3 Å². The number of thiazole rings is 1. The molecule has 3 aromatic carbocycles. The Morgan fingerprint density at radius 3 is 2.55 bits per heavy atom. The van der Waals surface area contributed by atoms with Crippen LogP contribution in [0.15, 0.2) is 54.6 Å². The van der Waals surface area contributed by atoms with Crippen LogP contribution in [-0.2, 0) is 0 Å². The molecule has 0 bridgehead atoms. The van der Waals surface area contributed by atoms with Gasteiger partial charge in [-0.25, -0.2) is 4.98 Å². The number of rotatable bonds is 5. The van der Waals surface area contributed by atoms with E-state index in [4.69, 9.17) is 4.98 Å². The van der Waals surface area contributed by atoms with Crippen LogP contribution >= 0.6 is 11.3 Å². The number of benzene rings is 3. The van der Waals surface area contributed by atoms with E-state index < -0.39 is 0 Å². The van der Waals surface area contributed by atoms with Gasteiger partial charge in [-0.1, -0.05) is 53.8 Å². The quantitative estimate of drug-likeness (QED) is 0.455. The van der Waals surface area contributed by atoms with Gasteiger partial charge in [0, 0.05) is 18.7 Å². The first-order chi connectivity index (χ1) is 13.9. The van der Waals surface area contributed by atoms with Crippen LogP contribution in [0.5, 0.6) is 0 Å². The molecule has 148 valence electrons. The van der Waals surface area contributed by atoms with E-state index in [0.717, 1.165) is 32.7 Å². The predicted octanol–water partition coefficient (Wildman–Crippen LogP) is 5.27. The SMILES string of the molecule is Cc1cc(C)c2sc(N(CCN(C)C)C(=O)c3cccc4ccccc34)nc2c1. The smallest absolute Gasteiger partial charge is 0.260 e. The van der Waals surface area contributed by atoms with Crippen molar-refractivity contribution in [2.45, 2.75) is 13.8 Å². The van der Waals surface area contributed by atoms with Crippen LogP contribution in [0.4, 0.5) is 5.13 Å². The molecule has 0 fully saturated rings. The number of fused-ring (bicyclic) bond motifs is 2. The fraction of sp³-hybridized carbons (Fsp3) is 0.250. The Balaban J connectivity index is 1.81. The summed E-state index contributed by atoms with van der Waals surface area (Å²) in [6, 6.07) is 18.2. The molecular formula is C24H25N3OS. The van der Waals surface area contributed by atoms with Crippen LogP contribution in [-0.4, -0.2) is 43.0 Å². The maximum atomic E-state index is 13.7. The molecule has 0 aliphatic carbocycles. The molecule has 1 aromatic heterocycles. The van der Waals surface area contributed by atoms with Gasteiger partial charge < -0.3 is 4.90 Å². The minimum absolute atomic E-state index is 0.00270. The number of carbonyl (C=O) groups is 1. The topological polar surface area (TPSA) is 36.4 Å². The number of nitrogens with zero attached hydrogens (tertiary/aromatic N) is 3. The molecule has 0 N–H and O–H groups in total. The van der Waals surface area contributed by atoms with Crippen LogP contribution in [0, 0.1) is 13.8 Å². The number of likely N-dealkylation sites (N-methyl/N-ethyl adjacent to an activating group) is 1. The third-order valence-electron chi connectivity index (χ3n) is 5.08. The van der Waals surface area contributed by atoms with Gasteiger partial charge in [0.25, 0.3) is 5.91 Å². The van der Waals surface area contributed by atoms with Gasteiger partial charge >= 0.3 is 0 Å². The molecule has 5 heteroatoms. The van der Waals surface area contributed by atoms with Gasteiger partial charge in [-0.2, -0.15) is 0 Å². The average Bonchev–Trinajstić information content (AvgIpc) is 3.11. The number of carbonyl (C=O) groups excluding carboxylic acids is 1. The molecule has 0 spiro atoms. The van der Waals surface area contributed by atoms with E-state index in [1.165, 1.54) is 11.1 Å². The number of aryl methyl sites for hydroxylation is 2. The molecule has 0 saturated heterocycles. The molecule has 29 heavy (non-hydrogen) atoms. The van der Waals surface area contributed by atoms with E-state index in [1.807, 2.05) is 61.5 Å². The first-order valence-corrected chi connectivity index (χ1v) is 10.6. The Labute approximate surface area is 175 Å². The van der Waals surface area contributed by atoms with E-state index in [-0.39, 0.29) is 5.91 Å². The largest absolute Gasteiger partial charge is 0.308 e. The van der Waals surface area contributed by atoms with Crippen molar-refractivity contribution in [2.24, 2.45) is 0 Å². The number of hydrogen-bond donors (Lipinski definition) is 0. The van der Waals surface area contributed by atoms with Gasteiger partial charge in [0.15, 0.2) is 5.13 Å². The monoisotopic (exact) mass is 403 g/mol.